The average Bonchev–Trinajstić information content (AvgIpc) is 3.12. The van der Waals surface area contributed by atoms with Crippen LogP contribution in [0.1, 0.15) is 40.0 Å². The molecular formula is C18H36N4O3. The third-order valence-corrected chi connectivity index (χ3v) is 4.19. The van der Waals surface area contributed by atoms with Gasteiger partial charge in [0.2, 0.25) is 5.91 Å². The molecule has 0 spiro atoms. The number of guanidine groups is 1. The Balaban J connectivity index is 2.16. The Morgan fingerprint density at radius 1 is 1.28 bits per heavy atom. The molecule has 0 radical (unpaired) electrons. The fourth-order valence-electron chi connectivity index (χ4n) is 2.69. The van der Waals surface area contributed by atoms with Crippen molar-refractivity contribution < 1.29 is 14.3 Å². The number of rotatable bonds is 12. The van der Waals surface area contributed by atoms with E-state index < -0.39 is 0 Å². The van der Waals surface area contributed by atoms with Gasteiger partial charge in [-0.1, -0.05) is 0 Å². The Morgan fingerprint density at radius 3 is 2.72 bits per heavy atom. The molecule has 2 N–H and O–H groups in total. The summed E-state index contributed by atoms with van der Waals surface area (Å²) in [5, 5.41) is 6.43. The summed E-state index contributed by atoms with van der Waals surface area (Å²) in [7, 11) is 0. The fourth-order valence-corrected chi connectivity index (χ4v) is 2.69. The highest BCUT2D eigenvalue weighted by Crippen LogP contribution is 2.12. The van der Waals surface area contributed by atoms with Crippen LogP contribution in [0.5, 0.6) is 0 Å². The van der Waals surface area contributed by atoms with E-state index in [1.165, 1.54) is 0 Å². The summed E-state index contributed by atoms with van der Waals surface area (Å²) in [6, 6.07) is 0. The van der Waals surface area contributed by atoms with Crippen molar-refractivity contribution in [3.8, 4) is 0 Å². The summed E-state index contributed by atoms with van der Waals surface area (Å²) in [4.78, 5) is 18.4. The number of nitrogens with one attached hydrogen (secondary N) is 2. The maximum atomic E-state index is 12.0. The zero-order valence-corrected chi connectivity index (χ0v) is 16.2. The molecule has 0 bridgehead atoms. The van der Waals surface area contributed by atoms with Gasteiger partial charge in [0.1, 0.15) is 0 Å². The number of aliphatic imine (C=N–C) groups is 1. The van der Waals surface area contributed by atoms with Gasteiger partial charge in [0.15, 0.2) is 5.96 Å². The highest BCUT2D eigenvalue weighted by molar-refractivity contribution is 5.81. The summed E-state index contributed by atoms with van der Waals surface area (Å²) in [5.74, 6) is 1.50. The van der Waals surface area contributed by atoms with Crippen molar-refractivity contribution in [2.45, 2.75) is 40.0 Å². The largest absolute Gasteiger partial charge is 0.381 e. The molecular weight excluding hydrogens is 320 g/mol. The normalized spacial score (nSPS) is 17.6. The minimum Gasteiger partial charge on any atom is -0.381 e. The van der Waals surface area contributed by atoms with Crippen molar-refractivity contribution in [2.24, 2.45) is 10.9 Å². The molecule has 7 heteroatoms. The molecule has 0 aromatic rings. The van der Waals surface area contributed by atoms with Gasteiger partial charge >= 0.3 is 0 Å². The van der Waals surface area contributed by atoms with Crippen LogP contribution in [0, 0.1) is 5.92 Å². The van der Waals surface area contributed by atoms with E-state index in [-0.39, 0.29) is 5.91 Å². The number of hydrogen-bond donors (Lipinski definition) is 2. The first kappa shape index (κ1) is 21.7. The van der Waals surface area contributed by atoms with Crippen molar-refractivity contribution in [3.05, 3.63) is 0 Å². The van der Waals surface area contributed by atoms with Crippen molar-refractivity contribution in [3.63, 3.8) is 0 Å². The van der Waals surface area contributed by atoms with E-state index in [0.29, 0.717) is 25.4 Å². The van der Waals surface area contributed by atoms with Crippen molar-refractivity contribution in [1.82, 2.24) is 15.5 Å². The number of carbonyl (C=O) groups excluding carboxylic acids is 1. The van der Waals surface area contributed by atoms with E-state index in [0.717, 1.165) is 64.9 Å². The van der Waals surface area contributed by atoms with Gasteiger partial charge < -0.3 is 25.0 Å². The van der Waals surface area contributed by atoms with Gasteiger partial charge in [0, 0.05) is 58.3 Å². The SMILES string of the molecule is CCNC(=NCCCOCC1CCOC1)NCCC(=O)N(CC)CC. The van der Waals surface area contributed by atoms with Crippen LogP contribution in [0.15, 0.2) is 4.99 Å². The lowest BCUT2D eigenvalue weighted by atomic mass is 10.1. The van der Waals surface area contributed by atoms with Crippen molar-refractivity contribution in [2.75, 3.05) is 59.2 Å². The molecule has 0 saturated carbocycles. The Morgan fingerprint density at radius 2 is 2.08 bits per heavy atom. The minimum atomic E-state index is 0.178. The predicted molar refractivity (Wildman–Crippen MR) is 101 cm³/mol. The second-order valence-corrected chi connectivity index (χ2v) is 6.16. The third-order valence-electron chi connectivity index (χ3n) is 4.19. The molecule has 0 aliphatic carbocycles. The highest BCUT2D eigenvalue weighted by atomic mass is 16.5. The first-order valence-electron chi connectivity index (χ1n) is 9.66. The van der Waals surface area contributed by atoms with Gasteiger partial charge in [-0.25, -0.2) is 0 Å². The third kappa shape index (κ3) is 9.65. The van der Waals surface area contributed by atoms with Crippen molar-refractivity contribution in [1.29, 1.82) is 0 Å². The lowest BCUT2D eigenvalue weighted by Crippen LogP contribution is -2.40. The van der Waals surface area contributed by atoms with E-state index in [9.17, 15) is 4.79 Å². The summed E-state index contributed by atoms with van der Waals surface area (Å²) in [5.41, 5.74) is 0. The van der Waals surface area contributed by atoms with Gasteiger partial charge in [-0.05, 0) is 33.6 Å². The lowest BCUT2D eigenvalue weighted by molar-refractivity contribution is -0.130. The van der Waals surface area contributed by atoms with Gasteiger partial charge in [-0.2, -0.15) is 0 Å². The lowest BCUT2D eigenvalue weighted by Gasteiger charge is -2.19. The maximum absolute atomic E-state index is 12.0. The van der Waals surface area contributed by atoms with E-state index in [1.807, 2.05) is 25.7 Å². The number of ether oxygens (including phenoxy) is 2. The summed E-state index contributed by atoms with van der Waals surface area (Å²) >= 11 is 0. The number of carbonyl (C=O) groups is 1. The zero-order chi connectivity index (χ0) is 18.3. The van der Waals surface area contributed by atoms with Crippen LogP contribution < -0.4 is 10.6 Å². The Kier molecular flexibility index (Phi) is 12.1. The molecule has 1 atom stereocenters. The van der Waals surface area contributed by atoms with Gasteiger partial charge in [-0.15, -0.1) is 0 Å². The summed E-state index contributed by atoms with van der Waals surface area (Å²) in [6.45, 7) is 12.9. The quantitative estimate of drug-likeness (QED) is 0.313. The number of hydrogen-bond acceptors (Lipinski definition) is 4. The molecule has 1 aliphatic rings. The molecule has 1 unspecified atom stereocenters. The van der Waals surface area contributed by atoms with Crippen molar-refractivity contribution >= 4 is 11.9 Å². The zero-order valence-electron chi connectivity index (χ0n) is 16.2. The van der Waals surface area contributed by atoms with E-state index >= 15 is 0 Å². The Bertz CT molecular complexity index is 381. The maximum Gasteiger partial charge on any atom is 0.224 e. The monoisotopic (exact) mass is 356 g/mol. The van der Waals surface area contributed by atoms with E-state index in [2.05, 4.69) is 15.6 Å². The molecule has 146 valence electrons. The number of nitrogens with zero attached hydrogens (tertiary/aromatic N) is 2. The topological polar surface area (TPSA) is 75.2 Å². The molecule has 1 aliphatic heterocycles. The van der Waals surface area contributed by atoms with Crippen LogP contribution in [0.4, 0.5) is 0 Å². The summed E-state index contributed by atoms with van der Waals surface area (Å²) in [6.07, 6.45) is 2.49. The Hall–Kier alpha value is -1.34. The summed E-state index contributed by atoms with van der Waals surface area (Å²) < 4.78 is 11.0. The Labute approximate surface area is 152 Å². The fraction of sp³-hybridized carbons (Fsp3) is 0.889. The molecule has 1 saturated heterocycles. The number of amides is 1. The standard InChI is InChI=1S/C18H36N4O3/c1-4-19-18(21-11-8-17(23)22(5-2)6-3)20-10-7-12-24-14-16-9-13-25-15-16/h16H,4-15H2,1-3H3,(H2,19,20,21). The second kappa shape index (κ2) is 13.9. The molecule has 1 heterocycles. The van der Waals surface area contributed by atoms with Crippen LogP contribution in [-0.4, -0.2) is 75.9 Å². The molecule has 0 aromatic heterocycles. The smallest absolute Gasteiger partial charge is 0.224 e. The molecule has 1 amide bonds. The van der Waals surface area contributed by atoms with Crippen LogP contribution in [0.2, 0.25) is 0 Å². The predicted octanol–water partition coefficient (Wildman–Crippen LogP) is 1.24. The van der Waals surface area contributed by atoms with Crippen LogP contribution in [0.3, 0.4) is 0 Å². The molecule has 0 aromatic carbocycles. The first-order valence-corrected chi connectivity index (χ1v) is 9.66. The van der Waals surface area contributed by atoms with Gasteiger partial charge in [0.25, 0.3) is 0 Å². The van der Waals surface area contributed by atoms with E-state index in [4.69, 9.17) is 9.47 Å². The van der Waals surface area contributed by atoms with Crippen LogP contribution >= 0.6 is 0 Å². The highest BCUT2D eigenvalue weighted by Gasteiger charge is 2.15. The second-order valence-electron chi connectivity index (χ2n) is 6.16. The van der Waals surface area contributed by atoms with Crippen LogP contribution in [-0.2, 0) is 14.3 Å². The van der Waals surface area contributed by atoms with Crippen LogP contribution in [0.25, 0.3) is 0 Å². The average molecular weight is 357 g/mol. The minimum absolute atomic E-state index is 0.178. The molecule has 1 rings (SSSR count). The molecule has 1 fully saturated rings. The van der Waals surface area contributed by atoms with Gasteiger partial charge in [-0.3, -0.25) is 9.79 Å². The molecule has 25 heavy (non-hydrogen) atoms. The van der Waals surface area contributed by atoms with E-state index in [1.54, 1.807) is 0 Å². The molecule has 7 nitrogen and oxygen atoms in total. The van der Waals surface area contributed by atoms with Gasteiger partial charge in [0.05, 0.1) is 13.2 Å². The first-order chi connectivity index (χ1) is 12.2.